The van der Waals surface area contributed by atoms with Gasteiger partial charge in [-0.15, -0.1) is 0 Å². The van der Waals surface area contributed by atoms with Crippen molar-refractivity contribution in [1.82, 2.24) is 9.80 Å². The molecule has 1 aliphatic heterocycles. The largest absolute Gasteiger partial charge is 0.396 e. The molecule has 98 valence electrons. The van der Waals surface area contributed by atoms with Crippen LogP contribution in [0.5, 0.6) is 0 Å². The lowest BCUT2D eigenvalue weighted by molar-refractivity contribution is 0.0659. The van der Waals surface area contributed by atoms with Crippen LogP contribution in [0.25, 0.3) is 0 Å². The molecule has 1 aliphatic rings. The summed E-state index contributed by atoms with van der Waals surface area (Å²) in [5.74, 6) is -2.15. The first-order valence-electron chi connectivity index (χ1n) is 5.71. The number of hydrogen-bond donors (Lipinski definition) is 1. The van der Waals surface area contributed by atoms with Crippen molar-refractivity contribution in [2.75, 3.05) is 39.0 Å². The van der Waals surface area contributed by atoms with Crippen LogP contribution in [0, 0.1) is 11.6 Å². The monoisotopic (exact) mass is 255 g/mol. The fourth-order valence-corrected chi connectivity index (χ4v) is 1.91. The molecule has 0 radical (unpaired) electrons. The molecular weight excluding hydrogens is 240 g/mol. The van der Waals surface area contributed by atoms with Gasteiger partial charge in [0.05, 0.1) is 11.3 Å². The fourth-order valence-electron chi connectivity index (χ4n) is 1.91. The first-order valence-corrected chi connectivity index (χ1v) is 5.71. The van der Waals surface area contributed by atoms with E-state index in [0.717, 1.165) is 19.2 Å². The first kappa shape index (κ1) is 12.8. The molecule has 6 heteroatoms. The van der Waals surface area contributed by atoms with E-state index in [0.29, 0.717) is 19.2 Å². The molecular formula is C12H15F2N3O. The Morgan fingerprint density at radius 2 is 1.78 bits per heavy atom. The van der Waals surface area contributed by atoms with Gasteiger partial charge >= 0.3 is 0 Å². The Morgan fingerprint density at radius 3 is 2.39 bits per heavy atom. The summed E-state index contributed by atoms with van der Waals surface area (Å²) in [6.07, 6.45) is 0. The molecule has 1 amide bonds. The highest BCUT2D eigenvalue weighted by atomic mass is 19.1. The highest BCUT2D eigenvalue weighted by Gasteiger charge is 2.23. The Morgan fingerprint density at radius 1 is 1.17 bits per heavy atom. The number of nitrogen functional groups attached to an aromatic ring is 1. The molecule has 4 nitrogen and oxygen atoms in total. The van der Waals surface area contributed by atoms with Crippen LogP contribution in [-0.4, -0.2) is 48.9 Å². The first-order chi connectivity index (χ1) is 8.49. The van der Waals surface area contributed by atoms with E-state index in [1.807, 2.05) is 7.05 Å². The lowest BCUT2D eigenvalue weighted by atomic mass is 10.1. The van der Waals surface area contributed by atoms with E-state index in [2.05, 4.69) is 4.90 Å². The van der Waals surface area contributed by atoms with E-state index in [4.69, 9.17) is 5.73 Å². The number of likely N-dealkylation sites (N-methyl/N-ethyl adjacent to an activating group) is 1. The summed E-state index contributed by atoms with van der Waals surface area (Å²) in [5.41, 5.74) is 4.98. The van der Waals surface area contributed by atoms with Gasteiger partial charge in [0.1, 0.15) is 11.6 Å². The lowest BCUT2D eigenvalue weighted by Gasteiger charge is -2.32. The molecule has 0 aromatic heterocycles. The van der Waals surface area contributed by atoms with Crippen LogP contribution >= 0.6 is 0 Å². The highest BCUT2D eigenvalue weighted by Crippen LogP contribution is 2.18. The number of amides is 1. The topological polar surface area (TPSA) is 49.6 Å². The third-order valence-corrected chi connectivity index (χ3v) is 3.11. The Hall–Kier alpha value is -1.69. The molecule has 2 rings (SSSR count). The van der Waals surface area contributed by atoms with Crippen LogP contribution < -0.4 is 5.73 Å². The van der Waals surface area contributed by atoms with Crippen LogP contribution in [0.3, 0.4) is 0 Å². The van der Waals surface area contributed by atoms with E-state index >= 15 is 0 Å². The number of piperazine rings is 1. The van der Waals surface area contributed by atoms with Crippen LogP contribution in [0.4, 0.5) is 14.5 Å². The number of nitrogens with zero attached hydrogens (tertiary/aromatic N) is 2. The Bertz CT molecular complexity index is 471. The van der Waals surface area contributed by atoms with Crippen molar-refractivity contribution in [2.24, 2.45) is 0 Å². The number of nitrogens with two attached hydrogens (primary N) is 1. The highest BCUT2D eigenvalue weighted by molar-refractivity contribution is 5.95. The number of anilines is 1. The summed E-state index contributed by atoms with van der Waals surface area (Å²) in [7, 11) is 1.96. The zero-order chi connectivity index (χ0) is 13.3. The van der Waals surface area contributed by atoms with E-state index in [1.54, 1.807) is 4.90 Å². The molecule has 18 heavy (non-hydrogen) atoms. The summed E-state index contributed by atoms with van der Waals surface area (Å²) >= 11 is 0. The van der Waals surface area contributed by atoms with Gasteiger partial charge in [0, 0.05) is 32.2 Å². The van der Waals surface area contributed by atoms with Crippen molar-refractivity contribution in [3.63, 3.8) is 0 Å². The second-order valence-electron chi connectivity index (χ2n) is 4.45. The maximum absolute atomic E-state index is 13.6. The molecule has 0 unspecified atom stereocenters. The Balaban J connectivity index is 2.21. The number of hydrogen-bond acceptors (Lipinski definition) is 3. The summed E-state index contributed by atoms with van der Waals surface area (Å²) in [6.45, 7) is 2.55. The van der Waals surface area contributed by atoms with Crippen molar-refractivity contribution in [2.45, 2.75) is 0 Å². The van der Waals surface area contributed by atoms with Crippen LogP contribution in [0.1, 0.15) is 10.4 Å². The molecule has 1 aromatic rings. The van der Waals surface area contributed by atoms with Gasteiger partial charge in [0.25, 0.3) is 5.91 Å². The normalized spacial score (nSPS) is 16.9. The number of benzene rings is 1. The molecule has 1 saturated heterocycles. The minimum Gasteiger partial charge on any atom is -0.396 e. The summed E-state index contributed by atoms with van der Waals surface area (Å²) < 4.78 is 26.6. The van der Waals surface area contributed by atoms with Gasteiger partial charge in [-0.1, -0.05) is 0 Å². The zero-order valence-electron chi connectivity index (χ0n) is 10.1. The summed E-state index contributed by atoms with van der Waals surface area (Å²) in [6, 6.07) is 1.71. The Labute approximate surface area is 104 Å². The van der Waals surface area contributed by atoms with Gasteiger partial charge in [-0.3, -0.25) is 4.79 Å². The molecule has 0 spiro atoms. The van der Waals surface area contributed by atoms with E-state index in [-0.39, 0.29) is 11.3 Å². The van der Waals surface area contributed by atoms with Gasteiger partial charge in [-0.05, 0) is 13.1 Å². The smallest absolute Gasteiger partial charge is 0.256 e. The number of halogens is 2. The molecule has 1 aromatic carbocycles. The van der Waals surface area contributed by atoms with Crippen LogP contribution in [-0.2, 0) is 0 Å². The van der Waals surface area contributed by atoms with E-state index < -0.39 is 17.5 Å². The van der Waals surface area contributed by atoms with Crippen LogP contribution in [0.15, 0.2) is 12.1 Å². The Kier molecular flexibility index (Phi) is 3.47. The number of carbonyl (C=O) groups is 1. The van der Waals surface area contributed by atoms with Crippen LogP contribution in [0.2, 0.25) is 0 Å². The molecule has 2 N–H and O–H groups in total. The number of carbonyl (C=O) groups excluding carboxylic acids is 1. The second kappa shape index (κ2) is 4.89. The maximum atomic E-state index is 13.6. The quantitative estimate of drug-likeness (QED) is 0.760. The van der Waals surface area contributed by atoms with E-state index in [9.17, 15) is 13.6 Å². The van der Waals surface area contributed by atoms with Gasteiger partial charge in [-0.2, -0.15) is 0 Å². The minimum absolute atomic E-state index is 0.168. The average molecular weight is 255 g/mol. The molecule has 0 saturated carbocycles. The molecule has 0 aliphatic carbocycles. The zero-order valence-corrected chi connectivity index (χ0v) is 10.1. The lowest BCUT2D eigenvalue weighted by Crippen LogP contribution is -2.47. The van der Waals surface area contributed by atoms with Gasteiger partial charge in [0.15, 0.2) is 0 Å². The second-order valence-corrected chi connectivity index (χ2v) is 4.45. The van der Waals surface area contributed by atoms with Gasteiger partial charge < -0.3 is 15.5 Å². The molecule has 0 bridgehead atoms. The predicted molar refractivity (Wildman–Crippen MR) is 64.2 cm³/mol. The van der Waals surface area contributed by atoms with Crippen molar-refractivity contribution in [3.05, 3.63) is 29.3 Å². The SMILES string of the molecule is CN1CCN(C(=O)c2cc(N)c(F)cc2F)CC1. The number of rotatable bonds is 1. The fraction of sp³-hybridized carbons (Fsp3) is 0.417. The van der Waals surface area contributed by atoms with Crippen molar-refractivity contribution >= 4 is 11.6 Å². The molecule has 0 atom stereocenters. The summed E-state index contributed by atoms with van der Waals surface area (Å²) in [4.78, 5) is 15.7. The van der Waals surface area contributed by atoms with Crippen molar-refractivity contribution in [1.29, 1.82) is 0 Å². The summed E-state index contributed by atoms with van der Waals surface area (Å²) in [5, 5.41) is 0. The van der Waals surface area contributed by atoms with Crippen molar-refractivity contribution < 1.29 is 13.6 Å². The van der Waals surface area contributed by atoms with Gasteiger partial charge in [0.2, 0.25) is 0 Å². The van der Waals surface area contributed by atoms with E-state index in [1.165, 1.54) is 0 Å². The van der Waals surface area contributed by atoms with Crippen molar-refractivity contribution in [3.8, 4) is 0 Å². The third kappa shape index (κ3) is 2.43. The standard InChI is InChI=1S/C12H15F2N3O/c1-16-2-4-17(5-3-16)12(18)8-6-11(15)10(14)7-9(8)13/h6-7H,2-5,15H2,1H3. The molecule has 1 fully saturated rings. The van der Waals surface area contributed by atoms with Gasteiger partial charge in [-0.25, -0.2) is 8.78 Å². The minimum atomic E-state index is -0.870. The third-order valence-electron chi connectivity index (χ3n) is 3.11. The maximum Gasteiger partial charge on any atom is 0.256 e. The molecule has 1 heterocycles. The predicted octanol–water partition coefficient (Wildman–Crippen LogP) is 0.935. The average Bonchev–Trinajstić information content (AvgIpc) is 2.34.